The molecule has 0 saturated carbocycles. The summed E-state index contributed by atoms with van der Waals surface area (Å²) in [5.41, 5.74) is 1.34. The van der Waals surface area contributed by atoms with Crippen molar-refractivity contribution < 1.29 is 19.1 Å². The molecular weight excluding hydrogens is 320 g/mol. The highest BCUT2D eigenvalue weighted by Crippen LogP contribution is 2.31. The van der Waals surface area contributed by atoms with E-state index in [1.807, 2.05) is 6.92 Å². The molecule has 0 spiro atoms. The van der Waals surface area contributed by atoms with E-state index >= 15 is 0 Å². The first-order chi connectivity index (χ1) is 11.0. The van der Waals surface area contributed by atoms with Crippen LogP contribution in [0, 0.1) is 6.92 Å². The third-order valence-electron chi connectivity index (χ3n) is 3.31. The molecule has 1 aromatic heterocycles. The molecule has 6 nitrogen and oxygen atoms in total. The predicted octanol–water partition coefficient (Wildman–Crippen LogP) is 3.28. The Morgan fingerprint density at radius 1 is 1.48 bits per heavy atom. The monoisotopic (exact) mass is 338 g/mol. The molecule has 23 heavy (non-hydrogen) atoms. The van der Waals surface area contributed by atoms with Crippen molar-refractivity contribution in [3.63, 3.8) is 0 Å². The first kappa shape index (κ1) is 17.2. The maximum absolute atomic E-state index is 12.5. The molecule has 0 aliphatic carbocycles. The lowest BCUT2D eigenvalue weighted by molar-refractivity contribution is 0.180. The molecule has 2 rings (SSSR count). The molecule has 0 aliphatic heterocycles. The van der Waals surface area contributed by atoms with Gasteiger partial charge in [0.25, 0.3) is 0 Å². The van der Waals surface area contributed by atoms with Crippen molar-refractivity contribution in [2.75, 3.05) is 25.6 Å². The van der Waals surface area contributed by atoms with Crippen LogP contribution >= 0.6 is 11.6 Å². The van der Waals surface area contributed by atoms with Gasteiger partial charge in [0.1, 0.15) is 11.5 Å². The molecule has 1 heterocycles. The number of rotatable bonds is 6. The molecule has 0 saturated heterocycles. The number of aliphatic hydroxyl groups excluding tert-OH is 1. The van der Waals surface area contributed by atoms with E-state index in [4.69, 9.17) is 25.9 Å². The van der Waals surface area contributed by atoms with Gasteiger partial charge in [0.05, 0.1) is 32.2 Å². The standard InChI is InChI=1S/C16H19ClN2O4/c1-11-8-14(15(22-2)9-13(11)17)18-16(21)19(5-6-20)10-12-4-3-7-23-12/h3-4,7-9,20H,5-6,10H2,1-2H3,(H,18,21). The van der Waals surface area contributed by atoms with E-state index in [0.717, 1.165) is 5.56 Å². The van der Waals surface area contributed by atoms with Gasteiger partial charge in [0.2, 0.25) is 0 Å². The van der Waals surface area contributed by atoms with Gasteiger partial charge >= 0.3 is 6.03 Å². The van der Waals surface area contributed by atoms with Crippen molar-refractivity contribution >= 4 is 23.3 Å². The Bertz CT molecular complexity index is 658. The summed E-state index contributed by atoms with van der Waals surface area (Å²) in [5, 5.41) is 12.5. The summed E-state index contributed by atoms with van der Waals surface area (Å²) >= 11 is 6.06. The summed E-state index contributed by atoms with van der Waals surface area (Å²) in [7, 11) is 1.50. The fourth-order valence-electron chi connectivity index (χ4n) is 2.09. The average molecular weight is 339 g/mol. The quantitative estimate of drug-likeness (QED) is 0.847. The number of nitrogens with one attached hydrogen (secondary N) is 1. The molecule has 0 fully saturated rings. The van der Waals surface area contributed by atoms with Crippen molar-refractivity contribution in [1.29, 1.82) is 0 Å². The number of carbonyl (C=O) groups excluding carboxylic acids is 1. The van der Waals surface area contributed by atoms with Crippen molar-refractivity contribution in [3.05, 3.63) is 46.9 Å². The molecule has 0 bridgehead atoms. The Labute approximate surface area is 139 Å². The number of methoxy groups -OCH3 is 1. The Morgan fingerprint density at radius 3 is 2.87 bits per heavy atom. The first-order valence-corrected chi connectivity index (χ1v) is 7.46. The fourth-order valence-corrected chi connectivity index (χ4v) is 2.24. The van der Waals surface area contributed by atoms with Gasteiger partial charge in [-0.2, -0.15) is 0 Å². The van der Waals surface area contributed by atoms with Crippen LogP contribution in [0.1, 0.15) is 11.3 Å². The predicted molar refractivity (Wildman–Crippen MR) is 88.0 cm³/mol. The molecule has 1 aromatic carbocycles. The SMILES string of the molecule is COc1cc(Cl)c(C)cc1NC(=O)N(CCO)Cc1ccco1. The van der Waals surface area contributed by atoms with E-state index in [2.05, 4.69) is 5.32 Å². The van der Waals surface area contributed by atoms with Gasteiger partial charge < -0.3 is 24.5 Å². The number of aliphatic hydroxyl groups is 1. The number of hydrogen-bond donors (Lipinski definition) is 2. The van der Waals surface area contributed by atoms with E-state index in [0.29, 0.717) is 22.2 Å². The van der Waals surface area contributed by atoms with Crippen LogP contribution in [-0.2, 0) is 6.54 Å². The topological polar surface area (TPSA) is 74.9 Å². The zero-order chi connectivity index (χ0) is 16.8. The van der Waals surface area contributed by atoms with Crippen LogP contribution in [0.2, 0.25) is 5.02 Å². The minimum absolute atomic E-state index is 0.148. The van der Waals surface area contributed by atoms with Crippen molar-refractivity contribution in [3.8, 4) is 5.75 Å². The number of aryl methyl sites for hydroxylation is 1. The summed E-state index contributed by atoms with van der Waals surface area (Å²) in [6.45, 7) is 2.13. The van der Waals surface area contributed by atoms with E-state index in [1.54, 1.807) is 24.3 Å². The molecular formula is C16H19ClN2O4. The number of ether oxygens (including phenoxy) is 1. The maximum Gasteiger partial charge on any atom is 0.322 e. The van der Waals surface area contributed by atoms with Gasteiger partial charge in [-0.05, 0) is 30.7 Å². The maximum atomic E-state index is 12.5. The van der Waals surface area contributed by atoms with Crippen LogP contribution in [0.25, 0.3) is 0 Å². The molecule has 0 radical (unpaired) electrons. The van der Waals surface area contributed by atoms with Gasteiger partial charge in [0, 0.05) is 17.6 Å². The summed E-state index contributed by atoms with van der Waals surface area (Å²) in [4.78, 5) is 13.9. The number of nitrogens with zero attached hydrogens (tertiary/aromatic N) is 1. The van der Waals surface area contributed by atoms with Crippen molar-refractivity contribution in [2.24, 2.45) is 0 Å². The second-order valence-electron chi connectivity index (χ2n) is 4.96. The van der Waals surface area contributed by atoms with E-state index in [-0.39, 0.29) is 25.7 Å². The Morgan fingerprint density at radius 2 is 2.26 bits per heavy atom. The Balaban J connectivity index is 2.16. The number of hydrogen-bond acceptors (Lipinski definition) is 4. The fraction of sp³-hybridized carbons (Fsp3) is 0.312. The molecule has 0 unspecified atom stereocenters. The molecule has 124 valence electrons. The lowest BCUT2D eigenvalue weighted by Crippen LogP contribution is -2.36. The van der Waals surface area contributed by atoms with Crippen LogP contribution in [0.15, 0.2) is 34.9 Å². The molecule has 0 atom stereocenters. The zero-order valence-electron chi connectivity index (χ0n) is 13.0. The van der Waals surface area contributed by atoms with Gasteiger partial charge in [-0.15, -0.1) is 0 Å². The van der Waals surface area contributed by atoms with Crippen LogP contribution < -0.4 is 10.1 Å². The number of carbonyl (C=O) groups is 1. The largest absolute Gasteiger partial charge is 0.495 e. The third kappa shape index (κ3) is 4.40. The second kappa shape index (κ2) is 7.89. The molecule has 2 aromatic rings. The molecule has 0 aliphatic rings. The van der Waals surface area contributed by atoms with E-state index < -0.39 is 0 Å². The lowest BCUT2D eigenvalue weighted by atomic mass is 10.2. The summed E-state index contributed by atoms with van der Waals surface area (Å²) in [6.07, 6.45) is 1.54. The summed E-state index contributed by atoms with van der Waals surface area (Å²) in [6, 6.07) is 6.54. The second-order valence-corrected chi connectivity index (χ2v) is 5.36. The summed E-state index contributed by atoms with van der Waals surface area (Å²) < 4.78 is 10.5. The van der Waals surface area contributed by atoms with Crippen molar-refractivity contribution in [1.82, 2.24) is 4.90 Å². The van der Waals surface area contributed by atoms with Gasteiger partial charge in [-0.3, -0.25) is 0 Å². The highest BCUT2D eigenvalue weighted by molar-refractivity contribution is 6.31. The first-order valence-electron chi connectivity index (χ1n) is 7.08. The normalized spacial score (nSPS) is 10.4. The number of urea groups is 1. The van der Waals surface area contributed by atoms with Crippen LogP contribution in [0.4, 0.5) is 10.5 Å². The number of anilines is 1. The Hall–Kier alpha value is -2.18. The van der Waals surface area contributed by atoms with E-state index in [9.17, 15) is 4.79 Å². The number of halogens is 1. The molecule has 7 heteroatoms. The smallest absolute Gasteiger partial charge is 0.322 e. The number of furan rings is 1. The highest BCUT2D eigenvalue weighted by Gasteiger charge is 2.17. The average Bonchev–Trinajstić information content (AvgIpc) is 3.03. The minimum Gasteiger partial charge on any atom is -0.495 e. The number of benzene rings is 1. The zero-order valence-corrected chi connectivity index (χ0v) is 13.8. The van der Waals surface area contributed by atoms with Crippen LogP contribution in [0.5, 0.6) is 5.75 Å². The molecule has 2 amide bonds. The summed E-state index contributed by atoms with van der Waals surface area (Å²) in [5.74, 6) is 1.10. The highest BCUT2D eigenvalue weighted by atomic mass is 35.5. The van der Waals surface area contributed by atoms with Gasteiger partial charge in [-0.1, -0.05) is 11.6 Å². The van der Waals surface area contributed by atoms with Crippen LogP contribution in [-0.4, -0.2) is 36.3 Å². The third-order valence-corrected chi connectivity index (χ3v) is 3.71. The Kier molecular flexibility index (Phi) is 5.90. The molecule has 2 N–H and O–H groups in total. The van der Waals surface area contributed by atoms with Crippen LogP contribution in [0.3, 0.4) is 0 Å². The van der Waals surface area contributed by atoms with Gasteiger partial charge in [0.15, 0.2) is 0 Å². The number of amides is 2. The van der Waals surface area contributed by atoms with Gasteiger partial charge in [-0.25, -0.2) is 4.79 Å². The minimum atomic E-state index is -0.365. The van der Waals surface area contributed by atoms with Crippen molar-refractivity contribution in [2.45, 2.75) is 13.5 Å². The van der Waals surface area contributed by atoms with E-state index in [1.165, 1.54) is 18.3 Å². The lowest BCUT2D eigenvalue weighted by Gasteiger charge is -2.22.